The second kappa shape index (κ2) is 6.11. The predicted molar refractivity (Wildman–Crippen MR) is 73.0 cm³/mol. The number of amides is 2. The highest BCUT2D eigenvalue weighted by molar-refractivity contribution is 6.02. The van der Waals surface area contributed by atoms with Crippen LogP contribution in [0, 0.1) is 11.8 Å². The van der Waals surface area contributed by atoms with Crippen molar-refractivity contribution in [2.45, 2.75) is 38.6 Å². The number of carbonyl (C=O) groups excluding carboxylic acids is 2. The number of piperidine rings is 2. The van der Waals surface area contributed by atoms with Gasteiger partial charge in [0.2, 0.25) is 11.8 Å². The Balaban J connectivity index is 2.00. The predicted octanol–water partition coefficient (Wildman–Crippen LogP) is -0.114. The van der Waals surface area contributed by atoms with Crippen LogP contribution in [0.3, 0.4) is 0 Å². The fourth-order valence-corrected chi connectivity index (χ4v) is 3.11. The molecule has 3 unspecified atom stereocenters. The van der Waals surface area contributed by atoms with Crippen molar-refractivity contribution in [1.82, 2.24) is 10.2 Å². The molecule has 0 aliphatic carbocycles. The number of hydrogen-bond donors (Lipinski definition) is 3. The number of nitrogens with zero attached hydrogens (tertiary/aromatic N) is 2. The summed E-state index contributed by atoms with van der Waals surface area (Å²) in [7, 11) is 0. The lowest BCUT2D eigenvalue weighted by atomic mass is 9.84. The minimum atomic E-state index is -0.560. The second-order valence-corrected chi connectivity index (χ2v) is 5.53. The molecule has 0 aromatic rings. The van der Waals surface area contributed by atoms with E-state index in [-0.39, 0.29) is 23.7 Å². The van der Waals surface area contributed by atoms with Gasteiger partial charge in [-0.25, -0.2) is 0 Å². The van der Waals surface area contributed by atoms with E-state index in [0.29, 0.717) is 31.8 Å². The van der Waals surface area contributed by atoms with Gasteiger partial charge < -0.3 is 21.2 Å². The molecule has 0 radical (unpaired) electrons. The number of fused-ring (bicyclic) bond motifs is 1. The standard InChI is InChI=1S/C13H22N4O3/c1-2-9(12(14)16-20)13(19)17-6-5-10-8(7-17)3-4-11(18)15-10/h8-10,20H,2-7H2,1H3,(H2,14,16)(H,15,18). The van der Waals surface area contributed by atoms with Crippen molar-refractivity contribution in [3.8, 4) is 0 Å². The van der Waals surface area contributed by atoms with Crippen LogP contribution in [-0.4, -0.2) is 46.9 Å². The number of oxime groups is 1. The number of amidine groups is 1. The Labute approximate surface area is 118 Å². The second-order valence-electron chi connectivity index (χ2n) is 5.53. The molecule has 0 bridgehead atoms. The van der Waals surface area contributed by atoms with E-state index in [9.17, 15) is 9.59 Å². The van der Waals surface area contributed by atoms with Crippen molar-refractivity contribution in [3.05, 3.63) is 0 Å². The normalized spacial score (nSPS) is 28.6. The Morgan fingerprint density at radius 3 is 3.00 bits per heavy atom. The summed E-state index contributed by atoms with van der Waals surface area (Å²) in [6, 6.07) is 0.184. The molecule has 0 aromatic carbocycles. The van der Waals surface area contributed by atoms with Crippen molar-refractivity contribution in [1.29, 1.82) is 0 Å². The zero-order valence-corrected chi connectivity index (χ0v) is 11.7. The van der Waals surface area contributed by atoms with E-state index in [0.717, 1.165) is 12.8 Å². The Kier molecular flexibility index (Phi) is 4.46. The highest BCUT2D eigenvalue weighted by atomic mass is 16.4. The van der Waals surface area contributed by atoms with E-state index in [4.69, 9.17) is 10.9 Å². The maximum Gasteiger partial charge on any atom is 0.233 e. The molecule has 2 aliphatic rings. The van der Waals surface area contributed by atoms with E-state index in [1.165, 1.54) is 0 Å². The molecule has 0 aromatic heterocycles. The first-order chi connectivity index (χ1) is 9.56. The number of carbonyl (C=O) groups is 2. The molecule has 2 amide bonds. The van der Waals surface area contributed by atoms with Crippen molar-refractivity contribution in [2.75, 3.05) is 13.1 Å². The van der Waals surface area contributed by atoms with Crippen LogP contribution in [0.25, 0.3) is 0 Å². The third kappa shape index (κ3) is 2.86. The van der Waals surface area contributed by atoms with Gasteiger partial charge in [-0.2, -0.15) is 0 Å². The van der Waals surface area contributed by atoms with Crippen LogP contribution in [-0.2, 0) is 9.59 Å². The maximum atomic E-state index is 12.4. The first-order valence-electron chi connectivity index (χ1n) is 7.12. The molecule has 2 saturated heterocycles. The Morgan fingerprint density at radius 1 is 1.60 bits per heavy atom. The third-order valence-electron chi connectivity index (χ3n) is 4.31. The van der Waals surface area contributed by atoms with Gasteiger partial charge >= 0.3 is 0 Å². The molecule has 3 atom stereocenters. The van der Waals surface area contributed by atoms with E-state index < -0.39 is 5.92 Å². The highest BCUT2D eigenvalue weighted by Gasteiger charge is 2.37. The van der Waals surface area contributed by atoms with Gasteiger partial charge in [0, 0.05) is 25.6 Å². The summed E-state index contributed by atoms with van der Waals surface area (Å²) in [6.45, 7) is 3.09. The van der Waals surface area contributed by atoms with Gasteiger partial charge in [-0.1, -0.05) is 12.1 Å². The van der Waals surface area contributed by atoms with Gasteiger partial charge in [0.1, 0.15) is 0 Å². The summed E-state index contributed by atoms with van der Waals surface area (Å²) in [5, 5.41) is 14.7. The zero-order chi connectivity index (χ0) is 14.7. The minimum absolute atomic E-state index is 0.0310. The molecular formula is C13H22N4O3. The molecule has 7 nitrogen and oxygen atoms in total. The smallest absolute Gasteiger partial charge is 0.233 e. The SMILES string of the molecule is CCC(C(=O)N1CCC2NC(=O)CCC2C1)C(N)=NO. The summed E-state index contributed by atoms with van der Waals surface area (Å²) in [6.07, 6.45) is 2.63. The number of rotatable bonds is 3. The van der Waals surface area contributed by atoms with Crippen LogP contribution in [0.1, 0.15) is 32.6 Å². The monoisotopic (exact) mass is 282 g/mol. The lowest BCUT2D eigenvalue weighted by Crippen LogP contribution is -2.56. The third-order valence-corrected chi connectivity index (χ3v) is 4.31. The molecule has 2 heterocycles. The molecule has 2 aliphatic heterocycles. The zero-order valence-electron chi connectivity index (χ0n) is 11.7. The van der Waals surface area contributed by atoms with Crippen LogP contribution in [0.4, 0.5) is 0 Å². The van der Waals surface area contributed by atoms with Gasteiger partial charge in [0.05, 0.1) is 5.92 Å². The van der Waals surface area contributed by atoms with Crippen LogP contribution in [0.2, 0.25) is 0 Å². The Hall–Kier alpha value is -1.79. The van der Waals surface area contributed by atoms with E-state index in [2.05, 4.69) is 10.5 Å². The molecule has 2 fully saturated rings. The number of likely N-dealkylation sites (tertiary alicyclic amines) is 1. The lowest BCUT2D eigenvalue weighted by molar-refractivity contribution is -0.136. The molecule has 0 saturated carbocycles. The fraction of sp³-hybridized carbons (Fsp3) is 0.769. The van der Waals surface area contributed by atoms with Gasteiger partial charge in [0.15, 0.2) is 5.84 Å². The largest absolute Gasteiger partial charge is 0.409 e. The van der Waals surface area contributed by atoms with Crippen LogP contribution in [0.5, 0.6) is 0 Å². The molecule has 0 spiro atoms. The van der Waals surface area contributed by atoms with Gasteiger partial charge in [-0.05, 0) is 25.2 Å². The first kappa shape index (κ1) is 14.6. The van der Waals surface area contributed by atoms with Gasteiger partial charge in [-0.15, -0.1) is 0 Å². The molecule has 7 heteroatoms. The van der Waals surface area contributed by atoms with Crippen molar-refractivity contribution in [2.24, 2.45) is 22.7 Å². The Bertz CT molecular complexity index is 424. The average molecular weight is 282 g/mol. The van der Waals surface area contributed by atoms with E-state index >= 15 is 0 Å². The van der Waals surface area contributed by atoms with Crippen LogP contribution < -0.4 is 11.1 Å². The number of nitrogens with one attached hydrogen (secondary N) is 1. The first-order valence-corrected chi connectivity index (χ1v) is 7.12. The summed E-state index contributed by atoms with van der Waals surface area (Å²) >= 11 is 0. The summed E-state index contributed by atoms with van der Waals surface area (Å²) in [5.74, 6) is -0.256. The average Bonchev–Trinajstić information content (AvgIpc) is 2.46. The van der Waals surface area contributed by atoms with Gasteiger partial charge in [0.25, 0.3) is 0 Å². The topological polar surface area (TPSA) is 108 Å². The summed E-state index contributed by atoms with van der Waals surface area (Å²) in [5.41, 5.74) is 5.58. The van der Waals surface area contributed by atoms with E-state index in [1.807, 2.05) is 6.92 Å². The quantitative estimate of drug-likeness (QED) is 0.290. The molecule has 2 rings (SSSR count). The summed E-state index contributed by atoms with van der Waals surface area (Å²) in [4.78, 5) is 25.6. The minimum Gasteiger partial charge on any atom is -0.409 e. The van der Waals surface area contributed by atoms with Crippen LogP contribution >= 0.6 is 0 Å². The van der Waals surface area contributed by atoms with E-state index in [1.54, 1.807) is 4.90 Å². The van der Waals surface area contributed by atoms with Gasteiger partial charge in [-0.3, -0.25) is 9.59 Å². The summed E-state index contributed by atoms with van der Waals surface area (Å²) < 4.78 is 0. The molecule has 4 N–H and O–H groups in total. The molecule has 20 heavy (non-hydrogen) atoms. The van der Waals surface area contributed by atoms with Crippen molar-refractivity contribution < 1.29 is 14.8 Å². The molecular weight excluding hydrogens is 260 g/mol. The molecule has 112 valence electrons. The lowest BCUT2D eigenvalue weighted by Gasteiger charge is -2.42. The van der Waals surface area contributed by atoms with Crippen molar-refractivity contribution >= 4 is 17.6 Å². The fourth-order valence-electron chi connectivity index (χ4n) is 3.11. The highest BCUT2D eigenvalue weighted by Crippen LogP contribution is 2.26. The van der Waals surface area contributed by atoms with Crippen molar-refractivity contribution in [3.63, 3.8) is 0 Å². The number of hydrogen-bond acceptors (Lipinski definition) is 4. The maximum absolute atomic E-state index is 12.4. The van der Waals surface area contributed by atoms with Crippen LogP contribution in [0.15, 0.2) is 5.16 Å². The Morgan fingerprint density at radius 2 is 2.35 bits per heavy atom. The number of nitrogens with two attached hydrogens (primary N) is 1.